The molecule has 0 saturated carbocycles. The first kappa shape index (κ1) is 28.8. The van der Waals surface area contributed by atoms with Gasteiger partial charge in [0.05, 0.1) is 17.2 Å². The van der Waals surface area contributed by atoms with E-state index in [0.29, 0.717) is 5.57 Å². The van der Waals surface area contributed by atoms with Crippen molar-refractivity contribution in [2.75, 3.05) is 5.75 Å². The second-order valence-electron chi connectivity index (χ2n) is 8.06. The van der Waals surface area contributed by atoms with Crippen molar-refractivity contribution in [1.82, 2.24) is 10.2 Å². The van der Waals surface area contributed by atoms with Crippen LogP contribution in [0.25, 0.3) is 0 Å². The fourth-order valence-electron chi connectivity index (χ4n) is 4.06. The molecule has 1 aromatic carbocycles. The first-order valence-corrected chi connectivity index (χ1v) is 13.0. The van der Waals surface area contributed by atoms with E-state index in [0.717, 1.165) is 4.90 Å². The smallest absolute Gasteiger partial charge is 1.00 e. The van der Waals surface area contributed by atoms with E-state index in [4.69, 9.17) is 5.73 Å². The van der Waals surface area contributed by atoms with Gasteiger partial charge in [-0.1, -0.05) is 30.3 Å². The topological polar surface area (TPSA) is 191 Å². The number of hydrogen-bond donors (Lipinski definition) is 3. The number of carboxylic acid groups (broad SMARTS) is 1. The molecular formula is C22H21N4NaO8S2. The van der Waals surface area contributed by atoms with E-state index in [2.05, 4.69) is 5.32 Å². The third-order valence-corrected chi connectivity index (χ3v) is 8.15. The molecule has 0 spiro atoms. The summed E-state index contributed by atoms with van der Waals surface area (Å²) in [4.78, 5) is 49.9. The Bertz CT molecular complexity index is 1390. The number of aromatic nitrogens is 1. The minimum atomic E-state index is -4.86. The van der Waals surface area contributed by atoms with Gasteiger partial charge in [-0.15, -0.1) is 11.8 Å². The molecule has 3 atom stereocenters. The number of aliphatic carboxylic acids is 1. The van der Waals surface area contributed by atoms with E-state index in [1.54, 1.807) is 10.6 Å². The van der Waals surface area contributed by atoms with E-state index in [1.165, 1.54) is 60.6 Å². The number of β-lactam (4-membered cyclic amide) rings is 1. The second kappa shape index (κ2) is 11.3. The zero-order valence-electron chi connectivity index (χ0n) is 20.4. The summed E-state index contributed by atoms with van der Waals surface area (Å²) in [7, 11) is -4.86. The largest absolute Gasteiger partial charge is 1.00 e. The molecule has 0 bridgehead atoms. The minimum Gasteiger partial charge on any atom is -1.00 e. The quantitative estimate of drug-likeness (QED) is 0.124. The maximum atomic E-state index is 12.9. The summed E-state index contributed by atoms with van der Waals surface area (Å²) in [5.74, 6) is -3.89. The second-order valence-corrected chi connectivity index (χ2v) is 10.7. The first-order chi connectivity index (χ1) is 17.0. The van der Waals surface area contributed by atoms with E-state index in [-0.39, 0.29) is 60.1 Å². The number of benzene rings is 1. The van der Waals surface area contributed by atoms with Crippen molar-refractivity contribution in [1.29, 1.82) is 0 Å². The Kier molecular flexibility index (Phi) is 8.82. The molecule has 2 aliphatic heterocycles. The van der Waals surface area contributed by atoms with Crippen LogP contribution in [0.2, 0.25) is 0 Å². The Labute approximate surface area is 239 Å². The molecule has 1 saturated heterocycles. The number of carbonyl (C=O) groups excluding carboxylic acids is 4. The monoisotopic (exact) mass is 556 g/mol. The van der Waals surface area contributed by atoms with Gasteiger partial charge in [0.1, 0.15) is 11.4 Å². The van der Waals surface area contributed by atoms with Crippen LogP contribution in [0, 0.1) is 0 Å². The summed E-state index contributed by atoms with van der Waals surface area (Å²) in [5.41, 5.74) is 5.53. The van der Waals surface area contributed by atoms with Gasteiger partial charge in [0.25, 0.3) is 16.0 Å². The van der Waals surface area contributed by atoms with Crippen LogP contribution in [-0.4, -0.2) is 58.7 Å². The minimum absolute atomic E-state index is 0. The molecule has 3 amide bonds. The van der Waals surface area contributed by atoms with Crippen LogP contribution in [0.3, 0.4) is 0 Å². The van der Waals surface area contributed by atoms with Crippen molar-refractivity contribution in [3.8, 4) is 0 Å². The molecule has 1 aromatic heterocycles. The average Bonchev–Trinajstić information content (AvgIpc) is 2.82. The number of fused-ring (bicyclic) bond motifs is 1. The van der Waals surface area contributed by atoms with Crippen molar-refractivity contribution in [2.24, 2.45) is 5.73 Å². The van der Waals surface area contributed by atoms with Crippen LogP contribution in [0.1, 0.15) is 22.6 Å². The summed E-state index contributed by atoms with van der Waals surface area (Å²) >= 11 is 1.18. The van der Waals surface area contributed by atoms with Crippen LogP contribution < -0.4 is 50.3 Å². The van der Waals surface area contributed by atoms with Crippen molar-refractivity contribution in [3.05, 3.63) is 77.3 Å². The van der Waals surface area contributed by atoms with Crippen molar-refractivity contribution < 1.29 is 72.8 Å². The summed E-state index contributed by atoms with van der Waals surface area (Å²) in [6.07, 6.45) is 3.08. The average molecular weight is 557 g/mol. The first-order valence-electron chi connectivity index (χ1n) is 10.5. The van der Waals surface area contributed by atoms with Crippen molar-refractivity contribution in [3.63, 3.8) is 0 Å². The van der Waals surface area contributed by atoms with Gasteiger partial charge in [0.15, 0.2) is 24.2 Å². The standard InChI is InChI=1S/C22H20N4O8S2.Na.H/c23-18(27)13-6-8-25(9-7-13)10-14-11-35-21-15(20(29)26(21)16(14)22(30)31)24-19(28)17(36(32,33)34)12-4-2-1-3-5-12;;/h1-9,15,17,21H,10-11H2,(H4-,23,24,27,28,30,31,32,33,34);;/q;+1;-1/t15-,17-,21-;;/m1../s1. The Morgan fingerprint density at radius 2 is 1.84 bits per heavy atom. The molecule has 4 rings (SSSR count). The number of thioether (sulfide) groups is 1. The number of nitrogens with zero attached hydrogens (tertiary/aromatic N) is 2. The maximum absolute atomic E-state index is 12.9. The van der Waals surface area contributed by atoms with Crippen LogP contribution in [0.5, 0.6) is 0 Å². The van der Waals surface area contributed by atoms with Crippen LogP contribution in [0.4, 0.5) is 0 Å². The Morgan fingerprint density at radius 3 is 2.38 bits per heavy atom. The normalized spacial score (nSPS) is 19.7. The molecule has 0 radical (unpaired) electrons. The van der Waals surface area contributed by atoms with Crippen LogP contribution in [-0.2, 0) is 31.0 Å². The summed E-state index contributed by atoms with van der Waals surface area (Å²) in [6.45, 7) is 0.0850. The zero-order chi connectivity index (χ0) is 26.2. The van der Waals surface area contributed by atoms with Gasteiger partial charge in [-0.25, -0.2) is 4.57 Å². The van der Waals surface area contributed by atoms with Gasteiger partial charge >= 0.3 is 29.6 Å². The van der Waals surface area contributed by atoms with Gasteiger partial charge in [-0.05, 0) is 5.56 Å². The van der Waals surface area contributed by atoms with E-state index in [9.17, 15) is 37.3 Å². The summed E-state index contributed by atoms with van der Waals surface area (Å²) in [6, 6.07) is 9.02. The van der Waals surface area contributed by atoms with Crippen LogP contribution in [0.15, 0.2) is 66.1 Å². The molecule has 3 heterocycles. The molecule has 190 valence electrons. The fraction of sp³-hybridized carbons (Fsp3) is 0.227. The van der Waals surface area contributed by atoms with E-state index >= 15 is 0 Å². The van der Waals surface area contributed by atoms with E-state index < -0.39 is 50.5 Å². The fourth-order valence-corrected chi connectivity index (χ4v) is 6.23. The van der Waals surface area contributed by atoms with Gasteiger partial charge in [-0.3, -0.25) is 23.8 Å². The summed E-state index contributed by atoms with van der Waals surface area (Å²) < 4.78 is 35.1. The van der Waals surface area contributed by atoms with Gasteiger partial charge < -0.3 is 22.4 Å². The van der Waals surface area contributed by atoms with Gasteiger partial charge in [0.2, 0.25) is 11.8 Å². The number of nitrogens with one attached hydrogen (secondary N) is 1. The number of rotatable bonds is 8. The zero-order valence-corrected chi connectivity index (χ0v) is 23.1. The number of carbonyl (C=O) groups is 4. The van der Waals surface area contributed by atoms with E-state index in [1.807, 2.05) is 0 Å². The number of nitrogens with two attached hydrogens (primary N) is 1. The number of pyridine rings is 1. The number of amides is 3. The molecule has 4 N–H and O–H groups in total. The molecule has 37 heavy (non-hydrogen) atoms. The third-order valence-electron chi connectivity index (χ3n) is 5.73. The summed E-state index contributed by atoms with van der Waals surface area (Å²) in [5, 5.41) is 11.5. The molecule has 2 aliphatic rings. The number of hydrogen-bond acceptors (Lipinski definition) is 8. The molecule has 12 nitrogen and oxygen atoms in total. The van der Waals surface area contributed by atoms with Crippen LogP contribution >= 0.6 is 11.8 Å². The predicted octanol–water partition coefficient (Wildman–Crippen LogP) is -4.78. The molecule has 1 fully saturated rings. The number of carboxylic acids is 1. The van der Waals surface area contributed by atoms with Gasteiger partial charge in [0, 0.05) is 23.5 Å². The SMILES string of the molecule is NC(=O)c1cc[n+](CC2=C(C(=O)[O-])N3C(=O)[C@@H](NC(=O)[C@@H](c4ccccc4)S(=O)(=O)O)[C@H]3SC2)cc1.[H-].[Na+]. The Morgan fingerprint density at radius 1 is 1.22 bits per heavy atom. The van der Waals surface area contributed by atoms with Crippen molar-refractivity contribution in [2.45, 2.75) is 23.2 Å². The van der Waals surface area contributed by atoms with Gasteiger partial charge in [-0.2, -0.15) is 8.42 Å². The molecule has 0 aliphatic carbocycles. The molecule has 0 unspecified atom stereocenters. The number of primary amides is 1. The third kappa shape index (κ3) is 5.89. The molecule has 2 aromatic rings. The maximum Gasteiger partial charge on any atom is 1.00 e. The Balaban J connectivity index is 0.00000253. The molecular weight excluding hydrogens is 535 g/mol. The van der Waals surface area contributed by atoms with Crippen molar-refractivity contribution >= 4 is 45.6 Å². The molecule has 15 heteroatoms. The Hall–Kier alpha value is -2.75. The predicted molar refractivity (Wildman–Crippen MR) is 124 cm³/mol.